The first-order valence-electron chi connectivity index (χ1n) is 5.67. The average molecular weight is 277 g/mol. The number of carbonyl (C=O) groups is 1. The van der Waals surface area contributed by atoms with Crippen LogP contribution in [0.5, 0.6) is 5.88 Å². The fourth-order valence-corrected chi connectivity index (χ4v) is 1.82. The first-order valence-corrected chi connectivity index (χ1v) is 6.05. The van der Waals surface area contributed by atoms with E-state index in [4.69, 9.17) is 16.3 Å². The highest BCUT2D eigenvalue weighted by atomic mass is 35.5. The second kappa shape index (κ2) is 5.71. The van der Waals surface area contributed by atoms with E-state index in [0.29, 0.717) is 16.5 Å². The van der Waals surface area contributed by atoms with Crippen molar-refractivity contribution in [2.75, 3.05) is 12.4 Å². The second-order valence-electron chi connectivity index (χ2n) is 4.00. The van der Waals surface area contributed by atoms with Crippen LogP contribution in [0.4, 0.5) is 5.69 Å². The molecule has 2 rings (SSSR count). The summed E-state index contributed by atoms with van der Waals surface area (Å²) in [6.45, 7) is 1.88. The van der Waals surface area contributed by atoms with Gasteiger partial charge in [-0.3, -0.25) is 4.79 Å². The predicted molar refractivity (Wildman–Crippen MR) is 74.9 cm³/mol. The number of hydrogen-bond acceptors (Lipinski definition) is 3. The van der Waals surface area contributed by atoms with E-state index in [2.05, 4.69) is 10.3 Å². The van der Waals surface area contributed by atoms with Gasteiger partial charge in [0.05, 0.1) is 12.7 Å². The summed E-state index contributed by atoms with van der Waals surface area (Å²) >= 11 is 5.87. The van der Waals surface area contributed by atoms with Gasteiger partial charge in [-0.15, -0.1) is 0 Å². The molecule has 5 heteroatoms. The molecule has 0 bridgehead atoms. The van der Waals surface area contributed by atoms with Crippen molar-refractivity contribution in [3.63, 3.8) is 0 Å². The lowest BCUT2D eigenvalue weighted by Crippen LogP contribution is -2.13. The Balaban J connectivity index is 2.15. The SMILES string of the molecule is COc1ccc(C(=O)Nc2ccc(Cl)cc2C)cn1. The van der Waals surface area contributed by atoms with Crippen molar-refractivity contribution in [1.29, 1.82) is 0 Å². The number of carbonyl (C=O) groups excluding carboxylic acids is 1. The van der Waals surface area contributed by atoms with Crippen molar-refractivity contribution >= 4 is 23.2 Å². The number of hydrogen-bond donors (Lipinski definition) is 1. The van der Waals surface area contributed by atoms with Gasteiger partial charge in [0.25, 0.3) is 5.91 Å². The molecule has 0 aliphatic heterocycles. The second-order valence-corrected chi connectivity index (χ2v) is 4.44. The van der Waals surface area contributed by atoms with Gasteiger partial charge < -0.3 is 10.1 Å². The number of halogens is 1. The lowest BCUT2D eigenvalue weighted by atomic mass is 10.2. The Morgan fingerprint density at radius 1 is 1.32 bits per heavy atom. The Morgan fingerprint density at radius 3 is 2.68 bits per heavy atom. The molecule has 0 radical (unpaired) electrons. The third kappa shape index (κ3) is 3.23. The smallest absolute Gasteiger partial charge is 0.257 e. The molecule has 0 aliphatic carbocycles. The molecule has 0 saturated carbocycles. The lowest BCUT2D eigenvalue weighted by molar-refractivity contribution is 0.102. The molecule has 19 heavy (non-hydrogen) atoms. The van der Waals surface area contributed by atoms with Crippen LogP contribution in [0.1, 0.15) is 15.9 Å². The Hall–Kier alpha value is -2.07. The number of amides is 1. The van der Waals surface area contributed by atoms with Crippen LogP contribution in [0.25, 0.3) is 0 Å². The van der Waals surface area contributed by atoms with Crippen molar-refractivity contribution in [1.82, 2.24) is 4.98 Å². The largest absolute Gasteiger partial charge is 0.481 e. The van der Waals surface area contributed by atoms with Gasteiger partial charge in [-0.1, -0.05) is 11.6 Å². The molecule has 2 aromatic rings. The maximum Gasteiger partial charge on any atom is 0.257 e. The zero-order valence-electron chi connectivity index (χ0n) is 10.6. The zero-order valence-corrected chi connectivity index (χ0v) is 11.4. The number of ether oxygens (including phenoxy) is 1. The maximum absolute atomic E-state index is 12.0. The normalized spacial score (nSPS) is 10.1. The molecule has 1 aromatic heterocycles. The fraction of sp³-hybridized carbons (Fsp3) is 0.143. The van der Waals surface area contributed by atoms with E-state index in [1.807, 2.05) is 6.92 Å². The van der Waals surface area contributed by atoms with Crippen LogP contribution in [0.15, 0.2) is 36.5 Å². The molecule has 0 aliphatic rings. The number of aryl methyl sites for hydroxylation is 1. The number of aromatic nitrogens is 1. The Morgan fingerprint density at radius 2 is 2.11 bits per heavy atom. The highest BCUT2D eigenvalue weighted by Crippen LogP contribution is 2.20. The van der Waals surface area contributed by atoms with Crippen molar-refractivity contribution in [2.45, 2.75) is 6.92 Å². The van der Waals surface area contributed by atoms with E-state index in [0.717, 1.165) is 11.3 Å². The summed E-state index contributed by atoms with van der Waals surface area (Å²) in [6.07, 6.45) is 1.47. The zero-order chi connectivity index (χ0) is 13.8. The molecule has 0 fully saturated rings. The van der Waals surface area contributed by atoms with Gasteiger partial charge in [0.15, 0.2) is 0 Å². The Kier molecular flexibility index (Phi) is 4.02. The van der Waals surface area contributed by atoms with Gasteiger partial charge in [0, 0.05) is 23.0 Å². The Bertz CT molecular complexity index is 597. The monoisotopic (exact) mass is 276 g/mol. The van der Waals surface area contributed by atoms with Gasteiger partial charge >= 0.3 is 0 Å². The molecule has 1 heterocycles. The molecule has 1 N–H and O–H groups in total. The van der Waals surface area contributed by atoms with E-state index in [1.165, 1.54) is 13.3 Å². The van der Waals surface area contributed by atoms with Crippen LogP contribution in [-0.4, -0.2) is 18.0 Å². The summed E-state index contributed by atoms with van der Waals surface area (Å²) in [5.41, 5.74) is 2.10. The van der Waals surface area contributed by atoms with Crippen LogP contribution in [-0.2, 0) is 0 Å². The maximum atomic E-state index is 12.0. The van der Waals surface area contributed by atoms with Crippen molar-refractivity contribution < 1.29 is 9.53 Å². The highest BCUT2D eigenvalue weighted by Gasteiger charge is 2.08. The minimum Gasteiger partial charge on any atom is -0.481 e. The molecule has 1 aromatic carbocycles. The first kappa shape index (κ1) is 13.4. The van der Waals surface area contributed by atoms with Gasteiger partial charge in [0.2, 0.25) is 5.88 Å². The van der Waals surface area contributed by atoms with E-state index in [-0.39, 0.29) is 5.91 Å². The third-order valence-electron chi connectivity index (χ3n) is 2.64. The molecule has 0 atom stereocenters. The van der Waals surface area contributed by atoms with Crippen LogP contribution < -0.4 is 10.1 Å². The van der Waals surface area contributed by atoms with E-state index >= 15 is 0 Å². The first-order chi connectivity index (χ1) is 9.10. The average Bonchev–Trinajstić information content (AvgIpc) is 2.42. The van der Waals surface area contributed by atoms with Crippen LogP contribution >= 0.6 is 11.6 Å². The number of benzene rings is 1. The third-order valence-corrected chi connectivity index (χ3v) is 2.88. The Labute approximate surface area is 116 Å². The summed E-state index contributed by atoms with van der Waals surface area (Å²) in [6, 6.07) is 8.60. The fourth-order valence-electron chi connectivity index (χ4n) is 1.60. The molecule has 0 unspecified atom stereocenters. The minimum atomic E-state index is -0.222. The summed E-state index contributed by atoms with van der Waals surface area (Å²) in [4.78, 5) is 16.0. The van der Waals surface area contributed by atoms with Crippen molar-refractivity contribution in [3.8, 4) is 5.88 Å². The van der Waals surface area contributed by atoms with E-state index in [9.17, 15) is 4.79 Å². The van der Waals surface area contributed by atoms with Gasteiger partial charge in [-0.25, -0.2) is 4.98 Å². The molecule has 1 amide bonds. The predicted octanol–water partition coefficient (Wildman–Crippen LogP) is 3.30. The number of rotatable bonds is 3. The van der Waals surface area contributed by atoms with Crippen molar-refractivity contribution in [2.24, 2.45) is 0 Å². The minimum absolute atomic E-state index is 0.222. The summed E-state index contributed by atoms with van der Waals surface area (Å²) in [7, 11) is 1.53. The van der Waals surface area contributed by atoms with Crippen LogP contribution in [0.2, 0.25) is 5.02 Å². The van der Waals surface area contributed by atoms with Gasteiger partial charge in [-0.05, 0) is 36.8 Å². The summed E-state index contributed by atoms with van der Waals surface area (Å²) in [5.74, 6) is 0.250. The molecule has 4 nitrogen and oxygen atoms in total. The number of methoxy groups -OCH3 is 1. The van der Waals surface area contributed by atoms with E-state index < -0.39 is 0 Å². The molecular formula is C14H13ClN2O2. The number of pyridine rings is 1. The number of nitrogens with one attached hydrogen (secondary N) is 1. The lowest BCUT2D eigenvalue weighted by Gasteiger charge is -2.08. The molecule has 98 valence electrons. The molecular weight excluding hydrogens is 264 g/mol. The van der Waals surface area contributed by atoms with Crippen molar-refractivity contribution in [3.05, 3.63) is 52.7 Å². The molecule has 0 saturated heterocycles. The van der Waals surface area contributed by atoms with Gasteiger partial charge in [0.1, 0.15) is 0 Å². The molecule has 0 spiro atoms. The quantitative estimate of drug-likeness (QED) is 0.936. The number of nitrogens with zero attached hydrogens (tertiary/aromatic N) is 1. The van der Waals surface area contributed by atoms with Gasteiger partial charge in [-0.2, -0.15) is 0 Å². The highest BCUT2D eigenvalue weighted by molar-refractivity contribution is 6.30. The topological polar surface area (TPSA) is 51.2 Å². The van der Waals surface area contributed by atoms with Crippen LogP contribution in [0, 0.1) is 6.92 Å². The standard InChI is InChI=1S/C14H13ClN2O2/c1-9-7-11(15)4-5-12(9)17-14(18)10-3-6-13(19-2)16-8-10/h3-8H,1-2H3,(H,17,18). The summed E-state index contributed by atoms with van der Waals surface area (Å²) < 4.78 is 4.94. The van der Waals surface area contributed by atoms with Crippen LogP contribution in [0.3, 0.4) is 0 Å². The summed E-state index contributed by atoms with van der Waals surface area (Å²) in [5, 5.41) is 3.45. The van der Waals surface area contributed by atoms with E-state index in [1.54, 1.807) is 30.3 Å². The number of anilines is 1.